The molecule has 0 atom stereocenters. The lowest BCUT2D eigenvalue weighted by molar-refractivity contribution is 0.0515. The Bertz CT molecular complexity index is 542. The van der Waals surface area contributed by atoms with E-state index >= 15 is 0 Å². The average Bonchev–Trinajstić information content (AvgIpc) is 2.81. The second-order valence-corrected chi connectivity index (χ2v) is 5.72. The Kier molecular flexibility index (Phi) is 4.57. The lowest BCUT2D eigenvalue weighted by Crippen LogP contribution is -2.06. The van der Waals surface area contributed by atoms with Crippen LogP contribution in [0.25, 0.3) is 0 Å². The molecule has 0 aliphatic heterocycles. The van der Waals surface area contributed by atoms with Crippen LogP contribution < -0.4 is 0 Å². The molecule has 0 aliphatic carbocycles. The molecule has 0 fully saturated rings. The number of nitrogens with zero attached hydrogens (tertiary/aromatic N) is 2. The molecule has 1 aromatic heterocycles. The van der Waals surface area contributed by atoms with Crippen molar-refractivity contribution in [3.05, 3.63) is 35.0 Å². The van der Waals surface area contributed by atoms with Gasteiger partial charge in [0.1, 0.15) is 4.21 Å². The molecule has 0 saturated heterocycles. The molecule has 0 unspecified atom stereocenters. The molecule has 0 amide bonds. The quantitative estimate of drug-likeness (QED) is 0.809. The smallest absolute Gasteiger partial charge is 0.361 e. The maximum atomic E-state index is 11.6. The van der Waals surface area contributed by atoms with Crippen LogP contribution in [0, 0.1) is 0 Å². The van der Waals surface area contributed by atoms with Gasteiger partial charge in [0.25, 0.3) is 0 Å². The molecule has 0 N–H and O–H groups in total. The van der Waals surface area contributed by atoms with Gasteiger partial charge in [-0.15, -0.1) is 5.10 Å². The summed E-state index contributed by atoms with van der Waals surface area (Å²) in [5.41, 5.74) is 0.266. The van der Waals surface area contributed by atoms with Crippen molar-refractivity contribution in [2.45, 2.75) is 16.0 Å². The summed E-state index contributed by atoms with van der Waals surface area (Å²) in [6.45, 7) is 2.07. The summed E-state index contributed by atoms with van der Waals surface area (Å²) in [6.07, 6.45) is 0. The number of ether oxygens (including phenoxy) is 1. The van der Waals surface area contributed by atoms with Crippen LogP contribution in [0.4, 0.5) is 0 Å². The summed E-state index contributed by atoms with van der Waals surface area (Å²) < 4.78 is 9.42. The molecule has 1 heterocycles. The number of rotatable bonds is 4. The highest BCUT2D eigenvalue weighted by Gasteiger charge is 2.18. The van der Waals surface area contributed by atoms with E-state index in [9.17, 15) is 4.79 Å². The highest BCUT2D eigenvalue weighted by atomic mass is 35.5. The third-order valence-electron chi connectivity index (χ3n) is 1.95. The first-order chi connectivity index (χ1) is 8.70. The number of esters is 1. The number of halogens is 1. The monoisotopic (exact) mass is 300 g/mol. The van der Waals surface area contributed by atoms with Crippen LogP contribution in [0.1, 0.15) is 17.4 Å². The van der Waals surface area contributed by atoms with Crippen molar-refractivity contribution in [3.8, 4) is 0 Å². The first-order valence-corrected chi connectivity index (χ1v) is 7.10. The van der Waals surface area contributed by atoms with E-state index in [2.05, 4.69) is 9.59 Å². The number of benzene rings is 1. The first-order valence-electron chi connectivity index (χ1n) is 5.13. The van der Waals surface area contributed by atoms with Crippen molar-refractivity contribution >= 4 is 40.9 Å². The predicted molar refractivity (Wildman–Crippen MR) is 71.4 cm³/mol. The highest BCUT2D eigenvalue weighted by molar-refractivity contribution is 8.01. The third-order valence-corrected chi connectivity index (χ3v) is 4.09. The molecule has 7 heteroatoms. The van der Waals surface area contributed by atoms with E-state index in [1.807, 2.05) is 12.1 Å². The summed E-state index contributed by atoms with van der Waals surface area (Å²) in [7, 11) is 0. The second-order valence-electron chi connectivity index (χ2n) is 3.19. The van der Waals surface area contributed by atoms with Gasteiger partial charge >= 0.3 is 5.97 Å². The van der Waals surface area contributed by atoms with Gasteiger partial charge in [-0.2, -0.15) is 0 Å². The van der Waals surface area contributed by atoms with Gasteiger partial charge in [0, 0.05) is 9.92 Å². The molecular weight excluding hydrogens is 292 g/mol. The van der Waals surface area contributed by atoms with Crippen molar-refractivity contribution in [2.75, 3.05) is 6.61 Å². The van der Waals surface area contributed by atoms with E-state index in [0.717, 1.165) is 9.10 Å². The second kappa shape index (κ2) is 6.17. The molecule has 18 heavy (non-hydrogen) atoms. The van der Waals surface area contributed by atoms with E-state index < -0.39 is 5.97 Å². The fourth-order valence-corrected chi connectivity index (χ4v) is 2.96. The fraction of sp³-hybridized carbons (Fsp3) is 0.182. The Morgan fingerprint density at radius 1 is 1.44 bits per heavy atom. The van der Waals surface area contributed by atoms with Crippen LogP contribution in [0.2, 0.25) is 5.02 Å². The summed E-state index contributed by atoms with van der Waals surface area (Å²) in [5.74, 6) is -0.442. The number of carbonyl (C=O) groups excluding carboxylic acids is 1. The van der Waals surface area contributed by atoms with Gasteiger partial charge < -0.3 is 4.74 Å². The Balaban J connectivity index is 2.17. The topological polar surface area (TPSA) is 52.1 Å². The normalized spacial score (nSPS) is 10.3. The zero-order valence-corrected chi connectivity index (χ0v) is 11.8. The van der Waals surface area contributed by atoms with Crippen molar-refractivity contribution in [2.24, 2.45) is 0 Å². The molecular formula is C11H9ClN2O2S2. The van der Waals surface area contributed by atoms with Gasteiger partial charge in [-0.05, 0) is 42.7 Å². The molecule has 0 bridgehead atoms. The summed E-state index contributed by atoms with van der Waals surface area (Å²) in [6, 6.07) is 7.34. The van der Waals surface area contributed by atoms with Crippen LogP contribution in [0.15, 0.2) is 33.4 Å². The molecule has 0 spiro atoms. The zero-order valence-electron chi connectivity index (χ0n) is 9.42. The average molecular weight is 301 g/mol. The van der Waals surface area contributed by atoms with Crippen molar-refractivity contribution < 1.29 is 9.53 Å². The van der Waals surface area contributed by atoms with Gasteiger partial charge in [-0.3, -0.25) is 0 Å². The number of hydrogen-bond donors (Lipinski definition) is 0. The fourth-order valence-electron chi connectivity index (χ4n) is 1.18. The Morgan fingerprint density at radius 3 is 2.83 bits per heavy atom. The Hall–Kier alpha value is -1.11. The zero-order chi connectivity index (χ0) is 13.0. The Morgan fingerprint density at radius 2 is 2.17 bits per heavy atom. The lowest BCUT2D eigenvalue weighted by Gasteiger charge is -2.01. The molecule has 2 rings (SSSR count). The molecule has 0 aliphatic rings. The van der Waals surface area contributed by atoms with Gasteiger partial charge in [-0.25, -0.2) is 4.79 Å². The van der Waals surface area contributed by atoms with Crippen molar-refractivity contribution in [1.82, 2.24) is 9.59 Å². The van der Waals surface area contributed by atoms with E-state index in [4.69, 9.17) is 16.3 Å². The standard InChI is InChI=1S/C11H9ClN2O2S2/c1-2-16-10(15)9-11(18-14-13-9)17-8-5-3-7(12)4-6-8/h3-6H,2H2,1H3. The molecule has 94 valence electrons. The number of aromatic nitrogens is 2. The minimum Gasteiger partial charge on any atom is -0.461 e. The molecule has 2 aromatic rings. The van der Waals surface area contributed by atoms with Crippen LogP contribution in [-0.2, 0) is 4.74 Å². The van der Waals surface area contributed by atoms with Gasteiger partial charge in [-0.1, -0.05) is 27.9 Å². The van der Waals surface area contributed by atoms with Gasteiger partial charge in [0.15, 0.2) is 5.69 Å². The lowest BCUT2D eigenvalue weighted by atomic mass is 10.4. The molecule has 0 saturated carbocycles. The number of carbonyl (C=O) groups is 1. The van der Waals surface area contributed by atoms with Crippen LogP contribution in [-0.4, -0.2) is 22.2 Å². The maximum Gasteiger partial charge on any atom is 0.361 e. The van der Waals surface area contributed by atoms with E-state index in [1.165, 1.54) is 23.3 Å². The SMILES string of the molecule is CCOC(=O)c1nnsc1Sc1ccc(Cl)cc1. The van der Waals surface area contributed by atoms with Crippen molar-refractivity contribution in [1.29, 1.82) is 0 Å². The third kappa shape index (κ3) is 3.22. The molecule has 1 aromatic carbocycles. The van der Waals surface area contributed by atoms with Gasteiger partial charge in [0.05, 0.1) is 6.61 Å². The maximum absolute atomic E-state index is 11.6. The largest absolute Gasteiger partial charge is 0.461 e. The predicted octanol–water partition coefficient (Wildman–Crippen LogP) is 3.52. The molecule has 0 radical (unpaired) electrons. The number of hydrogen-bond acceptors (Lipinski definition) is 6. The van der Waals surface area contributed by atoms with Crippen LogP contribution in [0.3, 0.4) is 0 Å². The highest BCUT2D eigenvalue weighted by Crippen LogP contribution is 2.33. The van der Waals surface area contributed by atoms with E-state index in [-0.39, 0.29) is 5.69 Å². The summed E-state index contributed by atoms with van der Waals surface area (Å²) >= 11 is 8.40. The van der Waals surface area contributed by atoms with Crippen LogP contribution >= 0.6 is 34.9 Å². The summed E-state index contributed by atoms with van der Waals surface area (Å²) in [4.78, 5) is 12.6. The van der Waals surface area contributed by atoms with E-state index in [0.29, 0.717) is 11.6 Å². The molecule has 4 nitrogen and oxygen atoms in total. The van der Waals surface area contributed by atoms with Gasteiger partial charge in [0.2, 0.25) is 0 Å². The first kappa shape index (κ1) is 13.3. The van der Waals surface area contributed by atoms with Crippen molar-refractivity contribution in [3.63, 3.8) is 0 Å². The Labute approximate surface area is 117 Å². The minimum atomic E-state index is -0.442. The summed E-state index contributed by atoms with van der Waals surface area (Å²) in [5, 5.41) is 4.47. The van der Waals surface area contributed by atoms with E-state index in [1.54, 1.807) is 19.1 Å². The van der Waals surface area contributed by atoms with Crippen LogP contribution in [0.5, 0.6) is 0 Å². The minimum absolute atomic E-state index is 0.266.